The number of aromatic nitrogens is 1. The Morgan fingerprint density at radius 1 is 1.53 bits per heavy atom. The van der Waals surface area contributed by atoms with Crippen LogP contribution in [0.25, 0.3) is 0 Å². The molecule has 3 heteroatoms. The van der Waals surface area contributed by atoms with Crippen LogP contribution < -0.4 is 5.73 Å². The summed E-state index contributed by atoms with van der Waals surface area (Å²) in [5.41, 5.74) is 8.33. The molecule has 0 atom stereocenters. The van der Waals surface area contributed by atoms with Crippen molar-refractivity contribution in [3.63, 3.8) is 0 Å². The Hall–Kier alpha value is -1.25. The van der Waals surface area contributed by atoms with Crippen LogP contribution in [0.15, 0.2) is 6.07 Å². The highest BCUT2D eigenvalue weighted by atomic mass is 16.1. The lowest BCUT2D eigenvalue weighted by atomic mass is 10.1. The van der Waals surface area contributed by atoms with Crippen molar-refractivity contribution in [1.29, 1.82) is 0 Å². The monoisotopic (exact) mass is 206 g/mol. The smallest absolute Gasteiger partial charge is 0.250 e. The third-order valence-corrected chi connectivity index (χ3v) is 3.09. The minimum Gasteiger partial charge on any atom is -0.366 e. The average Bonchev–Trinajstić information content (AvgIpc) is 2.89. The average molecular weight is 206 g/mol. The number of amides is 1. The summed E-state index contributed by atoms with van der Waals surface area (Å²) in [5.74, 6) is 0.131. The van der Waals surface area contributed by atoms with Crippen LogP contribution in [-0.4, -0.2) is 10.5 Å². The Labute approximate surface area is 90.3 Å². The second-order valence-electron chi connectivity index (χ2n) is 4.69. The summed E-state index contributed by atoms with van der Waals surface area (Å²) in [6, 6.07) is 2.57. The van der Waals surface area contributed by atoms with E-state index in [1.165, 1.54) is 18.5 Å². The van der Waals surface area contributed by atoms with Crippen molar-refractivity contribution in [2.75, 3.05) is 0 Å². The van der Waals surface area contributed by atoms with Gasteiger partial charge in [-0.1, -0.05) is 13.8 Å². The third kappa shape index (κ3) is 1.66. The molecule has 0 aromatic carbocycles. The van der Waals surface area contributed by atoms with Crippen molar-refractivity contribution in [3.05, 3.63) is 23.0 Å². The molecule has 82 valence electrons. The first-order valence-electron chi connectivity index (χ1n) is 5.54. The highest BCUT2D eigenvalue weighted by molar-refractivity contribution is 5.94. The molecule has 0 bridgehead atoms. The molecule has 1 aliphatic rings. The lowest BCUT2D eigenvalue weighted by Crippen LogP contribution is -2.12. The third-order valence-electron chi connectivity index (χ3n) is 3.09. The molecule has 0 unspecified atom stereocenters. The number of rotatable bonds is 3. The zero-order chi connectivity index (χ0) is 11.2. The minimum absolute atomic E-state index is 0.311. The number of nitrogens with zero attached hydrogens (tertiary/aromatic N) is 1. The molecule has 0 spiro atoms. The first-order chi connectivity index (χ1) is 7.02. The number of carbonyl (C=O) groups excluding carboxylic acids is 1. The molecular weight excluding hydrogens is 188 g/mol. The molecule has 2 N–H and O–H groups in total. The number of primary amides is 1. The number of carbonyl (C=O) groups is 1. The summed E-state index contributed by atoms with van der Waals surface area (Å²) in [6.07, 6.45) is 2.46. The SMILES string of the molecule is Cc1c(C(N)=O)cc(C(C)C)n1C1CC1. The van der Waals surface area contributed by atoms with Crippen molar-refractivity contribution >= 4 is 5.91 Å². The summed E-state index contributed by atoms with van der Waals surface area (Å²) >= 11 is 0. The lowest BCUT2D eigenvalue weighted by molar-refractivity contribution is 0.0999. The number of hydrogen-bond donors (Lipinski definition) is 1. The molecule has 1 aromatic rings. The maximum Gasteiger partial charge on any atom is 0.250 e. The van der Waals surface area contributed by atoms with Gasteiger partial charge >= 0.3 is 0 Å². The molecule has 1 amide bonds. The van der Waals surface area contributed by atoms with Gasteiger partial charge in [-0.25, -0.2) is 0 Å². The largest absolute Gasteiger partial charge is 0.366 e. The molecule has 1 aliphatic carbocycles. The van der Waals surface area contributed by atoms with E-state index in [-0.39, 0.29) is 5.91 Å². The summed E-state index contributed by atoms with van der Waals surface area (Å²) in [6.45, 7) is 6.29. The fourth-order valence-corrected chi connectivity index (χ4v) is 2.16. The molecule has 0 radical (unpaired) electrons. The van der Waals surface area contributed by atoms with Crippen molar-refractivity contribution < 1.29 is 4.79 Å². The van der Waals surface area contributed by atoms with Gasteiger partial charge in [0.15, 0.2) is 0 Å². The summed E-state index contributed by atoms with van der Waals surface area (Å²) < 4.78 is 2.30. The first kappa shape index (κ1) is 10.3. The Morgan fingerprint density at radius 3 is 2.53 bits per heavy atom. The van der Waals surface area contributed by atoms with Crippen molar-refractivity contribution in [2.45, 2.75) is 45.6 Å². The van der Waals surface area contributed by atoms with E-state index >= 15 is 0 Å². The summed E-state index contributed by atoms with van der Waals surface area (Å²) in [5, 5.41) is 0. The molecule has 15 heavy (non-hydrogen) atoms. The van der Waals surface area contributed by atoms with E-state index in [0.29, 0.717) is 17.5 Å². The molecule has 1 saturated carbocycles. The first-order valence-corrected chi connectivity index (χ1v) is 5.54. The van der Waals surface area contributed by atoms with Gasteiger partial charge in [-0.05, 0) is 31.7 Å². The van der Waals surface area contributed by atoms with Gasteiger partial charge in [0, 0.05) is 17.4 Å². The van der Waals surface area contributed by atoms with Gasteiger partial charge in [0.25, 0.3) is 5.91 Å². The van der Waals surface area contributed by atoms with Crippen molar-refractivity contribution in [1.82, 2.24) is 4.57 Å². The van der Waals surface area contributed by atoms with Gasteiger partial charge in [-0.15, -0.1) is 0 Å². The van der Waals surface area contributed by atoms with E-state index < -0.39 is 0 Å². The molecule has 1 fully saturated rings. The van der Waals surface area contributed by atoms with Gasteiger partial charge in [0.05, 0.1) is 5.56 Å². The van der Waals surface area contributed by atoms with Gasteiger partial charge in [-0.2, -0.15) is 0 Å². The fourth-order valence-electron chi connectivity index (χ4n) is 2.16. The van der Waals surface area contributed by atoms with Crippen molar-refractivity contribution in [2.24, 2.45) is 5.73 Å². The van der Waals surface area contributed by atoms with Crippen molar-refractivity contribution in [3.8, 4) is 0 Å². The van der Waals surface area contributed by atoms with E-state index in [2.05, 4.69) is 18.4 Å². The second-order valence-corrected chi connectivity index (χ2v) is 4.69. The van der Waals surface area contributed by atoms with E-state index in [9.17, 15) is 4.79 Å². The molecular formula is C12H18N2O. The standard InChI is InChI=1S/C12H18N2O/c1-7(2)11-6-10(12(13)15)8(3)14(11)9-4-5-9/h6-7,9H,4-5H2,1-3H3,(H2,13,15). The molecule has 1 aromatic heterocycles. The van der Waals surface area contributed by atoms with Crippen LogP contribution in [0.2, 0.25) is 0 Å². The molecule has 1 heterocycles. The Morgan fingerprint density at radius 2 is 2.13 bits per heavy atom. The van der Waals surface area contributed by atoms with Crippen LogP contribution >= 0.6 is 0 Å². The fraction of sp³-hybridized carbons (Fsp3) is 0.583. The predicted molar refractivity (Wildman–Crippen MR) is 60.0 cm³/mol. The van der Waals surface area contributed by atoms with E-state index in [1.54, 1.807) is 0 Å². The van der Waals surface area contributed by atoms with Crippen LogP contribution in [0.5, 0.6) is 0 Å². The molecule has 0 saturated heterocycles. The summed E-state index contributed by atoms with van der Waals surface area (Å²) in [4.78, 5) is 11.3. The Kier molecular flexibility index (Phi) is 2.33. The maximum absolute atomic E-state index is 11.3. The summed E-state index contributed by atoms with van der Waals surface area (Å²) in [7, 11) is 0. The number of nitrogens with two attached hydrogens (primary N) is 1. The molecule has 2 rings (SSSR count). The van der Waals surface area contributed by atoms with Crippen LogP contribution in [0.4, 0.5) is 0 Å². The predicted octanol–water partition coefficient (Wildman–Crippen LogP) is 2.35. The van der Waals surface area contributed by atoms with Crippen LogP contribution in [0.3, 0.4) is 0 Å². The normalized spacial score (nSPS) is 16.0. The van der Waals surface area contributed by atoms with Gasteiger partial charge < -0.3 is 10.3 Å². The molecule has 3 nitrogen and oxygen atoms in total. The second kappa shape index (κ2) is 3.40. The van der Waals surface area contributed by atoms with Gasteiger partial charge in [0.1, 0.15) is 0 Å². The Bertz CT molecular complexity index is 400. The van der Waals surface area contributed by atoms with Crippen LogP contribution in [0.1, 0.15) is 60.4 Å². The van der Waals surface area contributed by atoms with Crippen LogP contribution in [-0.2, 0) is 0 Å². The van der Waals surface area contributed by atoms with E-state index in [0.717, 1.165) is 5.69 Å². The molecule has 0 aliphatic heterocycles. The van der Waals surface area contributed by atoms with Gasteiger partial charge in [-0.3, -0.25) is 4.79 Å². The number of hydrogen-bond acceptors (Lipinski definition) is 1. The van der Waals surface area contributed by atoms with E-state index in [1.807, 2.05) is 13.0 Å². The lowest BCUT2D eigenvalue weighted by Gasteiger charge is -2.12. The highest BCUT2D eigenvalue weighted by Gasteiger charge is 2.29. The van der Waals surface area contributed by atoms with Gasteiger partial charge in [0.2, 0.25) is 0 Å². The maximum atomic E-state index is 11.3. The highest BCUT2D eigenvalue weighted by Crippen LogP contribution is 2.40. The topological polar surface area (TPSA) is 48.0 Å². The van der Waals surface area contributed by atoms with E-state index in [4.69, 9.17) is 5.73 Å². The zero-order valence-electron chi connectivity index (χ0n) is 9.58. The van der Waals surface area contributed by atoms with Crippen LogP contribution in [0, 0.1) is 6.92 Å². The Balaban J connectivity index is 2.53. The quantitative estimate of drug-likeness (QED) is 0.810. The zero-order valence-corrected chi connectivity index (χ0v) is 9.58. The minimum atomic E-state index is -0.311.